The molecule has 0 saturated heterocycles. The Labute approximate surface area is 98.8 Å². The molecule has 0 amide bonds. The Kier molecular flexibility index (Phi) is 4.99. The Morgan fingerprint density at radius 2 is 2.21 bits per heavy atom. The summed E-state index contributed by atoms with van der Waals surface area (Å²) in [5, 5.41) is 3.35. The maximum Gasteiger partial charge on any atom is 0.0412 e. The average molecular weight is 274 g/mol. The van der Waals surface area contributed by atoms with Crippen molar-refractivity contribution in [2.45, 2.75) is 13.0 Å². The van der Waals surface area contributed by atoms with Crippen LogP contribution in [-0.2, 0) is 0 Å². The van der Waals surface area contributed by atoms with Crippen molar-refractivity contribution in [3.8, 4) is 0 Å². The van der Waals surface area contributed by atoms with E-state index < -0.39 is 0 Å². The zero-order valence-corrected chi connectivity index (χ0v) is 11.2. The van der Waals surface area contributed by atoms with Gasteiger partial charge in [-0.3, -0.25) is 0 Å². The molecule has 0 saturated carbocycles. The maximum absolute atomic E-state index is 3.51. The molecule has 0 radical (unpaired) electrons. The second kappa shape index (κ2) is 5.79. The largest absolute Gasteiger partial charge is 0.312 e. The molecule has 1 atom stereocenters. The SMILES string of the molecule is CNC(CSC)c1cc(Br)ccc1C. The highest BCUT2D eigenvalue weighted by Crippen LogP contribution is 2.24. The van der Waals surface area contributed by atoms with E-state index in [0.717, 1.165) is 10.2 Å². The number of halogens is 1. The van der Waals surface area contributed by atoms with Gasteiger partial charge < -0.3 is 5.32 Å². The third-order valence-electron chi connectivity index (χ3n) is 2.30. The van der Waals surface area contributed by atoms with Crippen LogP contribution in [0, 0.1) is 6.92 Å². The molecule has 0 aliphatic carbocycles. The first-order valence-corrected chi connectivity index (χ1v) is 6.80. The van der Waals surface area contributed by atoms with Gasteiger partial charge in [0.25, 0.3) is 0 Å². The van der Waals surface area contributed by atoms with Crippen molar-refractivity contribution in [1.29, 1.82) is 0 Å². The van der Waals surface area contributed by atoms with Crippen LogP contribution in [0.3, 0.4) is 0 Å². The van der Waals surface area contributed by atoms with E-state index in [1.807, 2.05) is 18.8 Å². The van der Waals surface area contributed by atoms with Crippen molar-refractivity contribution in [1.82, 2.24) is 5.32 Å². The predicted octanol–water partition coefficient (Wildman–Crippen LogP) is 3.38. The molecule has 1 rings (SSSR count). The Morgan fingerprint density at radius 3 is 2.79 bits per heavy atom. The molecular weight excluding hydrogens is 258 g/mol. The van der Waals surface area contributed by atoms with Crippen LogP contribution >= 0.6 is 27.7 Å². The molecule has 0 spiro atoms. The fourth-order valence-corrected chi connectivity index (χ4v) is 2.54. The molecule has 1 aromatic carbocycles. The summed E-state index contributed by atoms with van der Waals surface area (Å²) in [7, 11) is 2.02. The second-order valence-corrected chi connectivity index (χ2v) is 5.12. The number of hydrogen-bond acceptors (Lipinski definition) is 2. The van der Waals surface area contributed by atoms with Crippen molar-refractivity contribution >= 4 is 27.7 Å². The lowest BCUT2D eigenvalue weighted by molar-refractivity contribution is 0.658. The van der Waals surface area contributed by atoms with E-state index in [4.69, 9.17) is 0 Å². The lowest BCUT2D eigenvalue weighted by Crippen LogP contribution is -2.19. The van der Waals surface area contributed by atoms with Gasteiger partial charge in [-0.25, -0.2) is 0 Å². The average Bonchev–Trinajstić information content (AvgIpc) is 2.18. The first-order valence-electron chi connectivity index (χ1n) is 4.61. The highest BCUT2D eigenvalue weighted by molar-refractivity contribution is 9.10. The molecule has 0 aliphatic heterocycles. The van der Waals surface area contributed by atoms with Crippen LogP contribution in [0.2, 0.25) is 0 Å². The smallest absolute Gasteiger partial charge is 0.0412 e. The van der Waals surface area contributed by atoms with Crippen LogP contribution in [0.15, 0.2) is 22.7 Å². The Balaban J connectivity index is 2.96. The topological polar surface area (TPSA) is 12.0 Å². The fraction of sp³-hybridized carbons (Fsp3) is 0.455. The Hall–Kier alpha value is 0.01000. The van der Waals surface area contributed by atoms with Crippen molar-refractivity contribution in [3.05, 3.63) is 33.8 Å². The van der Waals surface area contributed by atoms with Crippen molar-refractivity contribution in [3.63, 3.8) is 0 Å². The Bertz CT molecular complexity index is 301. The highest BCUT2D eigenvalue weighted by atomic mass is 79.9. The third-order valence-corrected chi connectivity index (χ3v) is 3.46. The molecule has 1 aromatic rings. The zero-order valence-electron chi connectivity index (χ0n) is 8.80. The lowest BCUT2D eigenvalue weighted by atomic mass is 10.0. The standard InChI is InChI=1S/C11H16BrNS/c1-8-4-5-9(12)6-10(8)11(13-2)7-14-3/h4-6,11,13H,7H2,1-3H3. The Morgan fingerprint density at radius 1 is 1.50 bits per heavy atom. The molecule has 0 aromatic heterocycles. The first-order chi connectivity index (χ1) is 6.69. The maximum atomic E-state index is 3.51. The summed E-state index contributed by atoms with van der Waals surface area (Å²) in [6.45, 7) is 2.16. The van der Waals surface area contributed by atoms with Crippen LogP contribution < -0.4 is 5.32 Å². The lowest BCUT2D eigenvalue weighted by Gasteiger charge is -2.18. The minimum atomic E-state index is 0.447. The van der Waals surface area contributed by atoms with Crippen molar-refractivity contribution < 1.29 is 0 Å². The molecule has 0 fully saturated rings. The van der Waals surface area contributed by atoms with Gasteiger partial charge >= 0.3 is 0 Å². The number of thioether (sulfide) groups is 1. The summed E-state index contributed by atoms with van der Waals surface area (Å²) >= 11 is 5.38. The summed E-state index contributed by atoms with van der Waals surface area (Å²) < 4.78 is 1.15. The second-order valence-electron chi connectivity index (χ2n) is 3.30. The quantitative estimate of drug-likeness (QED) is 0.903. The minimum Gasteiger partial charge on any atom is -0.312 e. The fourth-order valence-electron chi connectivity index (χ4n) is 1.48. The van der Waals surface area contributed by atoms with E-state index in [1.165, 1.54) is 11.1 Å². The van der Waals surface area contributed by atoms with Gasteiger partial charge in [-0.1, -0.05) is 22.0 Å². The number of nitrogens with one attached hydrogen (secondary N) is 1. The summed E-state index contributed by atoms with van der Waals surface area (Å²) in [5.41, 5.74) is 2.73. The van der Waals surface area contributed by atoms with E-state index in [-0.39, 0.29) is 0 Å². The monoisotopic (exact) mass is 273 g/mol. The van der Waals surface area contributed by atoms with Gasteiger partial charge in [0.2, 0.25) is 0 Å². The summed E-state index contributed by atoms with van der Waals surface area (Å²) in [4.78, 5) is 0. The van der Waals surface area contributed by atoms with Gasteiger partial charge in [0, 0.05) is 16.3 Å². The molecule has 78 valence electrons. The van der Waals surface area contributed by atoms with Gasteiger partial charge in [0.1, 0.15) is 0 Å². The molecule has 1 unspecified atom stereocenters. The van der Waals surface area contributed by atoms with Crippen LogP contribution in [0.1, 0.15) is 17.2 Å². The van der Waals surface area contributed by atoms with Crippen molar-refractivity contribution in [2.75, 3.05) is 19.1 Å². The number of aryl methyl sites for hydroxylation is 1. The van der Waals surface area contributed by atoms with E-state index in [0.29, 0.717) is 6.04 Å². The number of rotatable bonds is 4. The van der Waals surface area contributed by atoms with Crippen LogP contribution in [-0.4, -0.2) is 19.1 Å². The molecule has 14 heavy (non-hydrogen) atoms. The molecule has 1 N–H and O–H groups in total. The minimum absolute atomic E-state index is 0.447. The van der Waals surface area contributed by atoms with Crippen LogP contribution in [0.25, 0.3) is 0 Å². The molecular formula is C11H16BrNS. The van der Waals surface area contributed by atoms with E-state index >= 15 is 0 Å². The van der Waals surface area contributed by atoms with E-state index in [1.54, 1.807) is 0 Å². The molecule has 0 aliphatic rings. The van der Waals surface area contributed by atoms with Crippen molar-refractivity contribution in [2.24, 2.45) is 0 Å². The summed E-state index contributed by atoms with van der Waals surface area (Å²) in [5.74, 6) is 1.10. The summed E-state index contributed by atoms with van der Waals surface area (Å²) in [6, 6.07) is 6.89. The van der Waals surface area contributed by atoms with Gasteiger partial charge in [-0.15, -0.1) is 0 Å². The summed E-state index contributed by atoms with van der Waals surface area (Å²) in [6.07, 6.45) is 2.14. The van der Waals surface area contributed by atoms with Crippen LogP contribution in [0.5, 0.6) is 0 Å². The van der Waals surface area contributed by atoms with E-state index in [2.05, 4.69) is 52.6 Å². The predicted molar refractivity (Wildman–Crippen MR) is 69.1 cm³/mol. The third kappa shape index (κ3) is 3.01. The normalized spacial score (nSPS) is 12.9. The molecule has 1 nitrogen and oxygen atoms in total. The highest BCUT2D eigenvalue weighted by Gasteiger charge is 2.10. The van der Waals surface area contributed by atoms with Gasteiger partial charge in [-0.05, 0) is 43.5 Å². The van der Waals surface area contributed by atoms with Gasteiger partial charge in [0.05, 0.1) is 0 Å². The zero-order chi connectivity index (χ0) is 10.6. The number of benzene rings is 1. The van der Waals surface area contributed by atoms with E-state index in [9.17, 15) is 0 Å². The molecule has 3 heteroatoms. The van der Waals surface area contributed by atoms with Gasteiger partial charge in [0.15, 0.2) is 0 Å². The molecule has 0 bridgehead atoms. The first kappa shape index (κ1) is 12.1. The number of hydrogen-bond donors (Lipinski definition) is 1. The molecule has 0 heterocycles. The van der Waals surface area contributed by atoms with Crippen LogP contribution in [0.4, 0.5) is 0 Å². The van der Waals surface area contributed by atoms with Gasteiger partial charge in [-0.2, -0.15) is 11.8 Å².